The highest BCUT2D eigenvalue weighted by Gasteiger charge is 2.17. The number of rotatable bonds is 2. The van der Waals surface area contributed by atoms with E-state index >= 15 is 0 Å². The number of likely N-dealkylation sites (N-methyl/N-ethyl adjacent to an activating group) is 1. The van der Waals surface area contributed by atoms with E-state index in [0.29, 0.717) is 0 Å². The minimum absolute atomic E-state index is 0.864. The first kappa shape index (κ1) is 12.5. The third kappa shape index (κ3) is 2.82. The van der Waals surface area contributed by atoms with Crippen molar-refractivity contribution in [1.29, 1.82) is 0 Å². The lowest BCUT2D eigenvalue weighted by molar-refractivity contribution is 0.351. The molecule has 0 unspecified atom stereocenters. The first-order valence-corrected chi connectivity index (χ1v) is 6.36. The van der Waals surface area contributed by atoms with Gasteiger partial charge in [0.15, 0.2) is 0 Å². The van der Waals surface area contributed by atoms with Crippen molar-refractivity contribution in [3.05, 3.63) is 40.6 Å². The van der Waals surface area contributed by atoms with Crippen LogP contribution in [-0.4, -0.2) is 25.0 Å². The number of hydrogen-bond donors (Lipinski definition) is 0. The van der Waals surface area contributed by atoms with Crippen molar-refractivity contribution in [2.75, 3.05) is 20.1 Å². The van der Waals surface area contributed by atoms with E-state index in [1.807, 2.05) is 25.1 Å². The molecule has 1 aliphatic rings. The molecule has 1 heterocycles. The molecule has 0 spiro atoms. The van der Waals surface area contributed by atoms with Gasteiger partial charge in [0.2, 0.25) is 0 Å². The second-order valence-corrected chi connectivity index (χ2v) is 4.80. The molecule has 0 fully saturated rings. The summed E-state index contributed by atoms with van der Waals surface area (Å²) in [6.07, 6.45) is 5.61. The minimum atomic E-state index is 0.864. The molecule has 0 saturated heterocycles. The average Bonchev–Trinajstić information content (AvgIpc) is 2.52. The number of hydrogen-bond acceptors (Lipinski definition) is 2. The van der Waals surface area contributed by atoms with Gasteiger partial charge in [0.05, 0.1) is 6.26 Å². The van der Waals surface area contributed by atoms with Crippen LogP contribution in [0.25, 0.3) is 0 Å². The smallest absolute Gasteiger partial charge is 0.130 e. The molecule has 3 heteroatoms. The van der Waals surface area contributed by atoms with E-state index in [1.54, 1.807) is 6.26 Å². The van der Waals surface area contributed by atoms with Gasteiger partial charge in [0, 0.05) is 23.7 Å². The summed E-state index contributed by atoms with van der Waals surface area (Å²) in [5, 5.41) is 0.864. The molecule has 0 aliphatic carbocycles. The maximum absolute atomic E-state index is 6.28. The Balaban J connectivity index is 2.37. The summed E-state index contributed by atoms with van der Waals surface area (Å²) in [7, 11) is 2.15. The van der Waals surface area contributed by atoms with Crippen LogP contribution in [0.2, 0.25) is 5.02 Å². The fourth-order valence-corrected chi connectivity index (χ4v) is 2.43. The van der Waals surface area contributed by atoms with Crippen LogP contribution in [0.1, 0.15) is 18.1 Å². The highest BCUT2D eigenvalue weighted by molar-refractivity contribution is 6.31. The molecule has 0 amide bonds. The zero-order valence-corrected chi connectivity index (χ0v) is 11.1. The molecule has 1 aromatic rings. The zero-order chi connectivity index (χ0) is 12.3. The molecule has 2 nitrogen and oxygen atoms in total. The third-order valence-electron chi connectivity index (χ3n) is 3.15. The second-order valence-electron chi connectivity index (χ2n) is 4.39. The molecule has 1 aromatic carbocycles. The lowest BCUT2D eigenvalue weighted by Gasteiger charge is -2.12. The first-order chi connectivity index (χ1) is 8.22. The van der Waals surface area contributed by atoms with Gasteiger partial charge < -0.3 is 9.64 Å². The van der Waals surface area contributed by atoms with Crippen LogP contribution in [0.4, 0.5) is 0 Å². The largest absolute Gasteiger partial charge is 0.465 e. The van der Waals surface area contributed by atoms with Crippen molar-refractivity contribution in [3.63, 3.8) is 0 Å². The Labute approximate surface area is 108 Å². The summed E-state index contributed by atoms with van der Waals surface area (Å²) < 4.78 is 5.64. The molecule has 1 aliphatic heterocycles. The van der Waals surface area contributed by atoms with Crippen molar-refractivity contribution in [2.24, 2.45) is 0 Å². The predicted molar refractivity (Wildman–Crippen MR) is 71.8 cm³/mol. The Morgan fingerprint density at radius 3 is 2.65 bits per heavy atom. The van der Waals surface area contributed by atoms with Crippen molar-refractivity contribution in [3.8, 4) is 5.75 Å². The van der Waals surface area contributed by atoms with Crippen molar-refractivity contribution in [2.45, 2.75) is 19.8 Å². The SMILES string of the molecule is C/C=C\Oc1ccc(Cl)c2c1CCN(C)CC2. The van der Waals surface area contributed by atoms with Gasteiger partial charge in [-0.1, -0.05) is 17.7 Å². The molecular weight excluding hydrogens is 234 g/mol. The van der Waals surface area contributed by atoms with Gasteiger partial charge in [-0.05, 0) is 44.5 Å². The van der Waals surface area contributed by atoms with Gasteiger partial charge in [-0.3, -0.25) is 0 Å². The fraction of sp³-hybridized carbons (Fsp3) is 0.429. The molecule has 2 rings (SSSR count). The third-order valence-corrected chi connectivity index (χ3v) is 3.50. The fourth-order valence-electron chi connectivity index (χ4n) is 2.16. The molecule has 0 bridgehead atoms. The quantitative estimate of drug-likeness (QED) is 0.748. The monoisotopic (exact) mass is 251 g/mol. The van der Waals surface area contributed by atoms with Gasteiger partial charge >= 0.3 is 0 Å². The molecule has 0 saturated carbocycles. The molecular formula is C14H18ClNO. The standard InChI is InChI=1S/C14H18ClNO/c1-3-10-17-14-5-4-13(15)11-6-8-16(2)9-7-12(11)14/h3-5,10H,6-9H2,1-2H3/b10-3-. The Hall–Kier alpha value is -0.990. The van der Waals surface area contributed by atoms with Crippen LogP contribution in [0.5, 0.6) is 5.75 Å². The van der Waals surface area contributed by atoms with Gasteiger partial charge in [-0.2, -0.15) is 0 Å². The minimum Gasteiger partial charge on any atom is -0.465 e. The number of halogens is 1. The van der Waals surface area contributed by atoms with Gasteiger partial charge in [-0.25, -0.2) is 0 Å². The van der Waals surface area contributed by atoms with E-state index in [0.717, 1.165) is 36.7 Å². The summed E-state index contributed by atoms with van der Waals surface area (Å²) in [6, 6.07) is 3.90. The van der Waals surface area contributed by atoms with E-state index in [1.165, 1.54) is 11.1 Å². The van der Waals surface area contributed by atoms with E-state index in [9.17, 15) is 0 Å². The Bertz CT molecular complexity index is 428. The molecule has 0 N–H and O–H groups in total. The number of benzene rings is 1. The number of ether oxygens (including phenoxy) is 1. The van der Waals surface area contributed by atoms with Crippen LogP contribution in [-0.2, 0) is 12.8 Å². The average molecular weight is 252 g/mol. The summed E-state index contributed by atoms with van der Waals surface area (Å²) in [4.78, 5) is 2.33. The van der Waals surface area contributed by atoms with Crippen LogP contribution in [0.3, 0.4) is 0 Å². The van der Waals surface area contributed by atoms with E-state index < -0.39 is 0 Å². The Morgan fingerprint density at radius 2 is 1.94 bits per heavy atom. The molecule has 0 aromatic heterocycles. The highest BCUT2D eigenvalue weighted by atomic mass is 35.5. The first-order valence-electron chi connectivity index (χ1n) is 5.99. The van der Waals surface area contributed by atoms with E-state index in [2.05, 4.69) is 11.9 Å². The van der Waals surface area contributed by atoms with Crippen LogP contribution in [0, 0.1) is 0 Å². The topological polar surface area (TPSA) is 12.5 Å². The Kier molecular flexibility index (Phi) is 4.08. The van der Waals surface area contributed by atoms with E-state index in [-0.39, 0.29) is 0 Å². The second kappa shape index (κ2) is 5.56. The lowest BCUT2D eigenvalue weighted by atomic mass is 10.0. The highest BCUT2D eigenvalue weighted by Crippen LogP contribution is 2.31. The molecule has 92 valence electrons. The van der Waals surface area contributed by atoms with Crippen molar-refractivity contribution in [1.82, 2.24) is 4.90 Å². The summed E-state index contributed by atoms with van der Waals surface area (Å²) in [5.41, 5.74) is 2.51. The maximum Gasteiger partial charge on any atom is 0.130 e. The van der Waals surface area contributed by atoms with Crippen LogP contribution < -0.4 is 4.74 Å². The van der Waals surface area contributed by atoms with Gasteiger partial charge in [-0.15, -0.1) is 0 Å². The predicted octanol–water partition coefficient (Wildman–Crippen LogP) is 3.28. The molecule has 0 radical (unpaired) electrons. The molecule has 0 atom stereocenters. The Morgan fingerprint density at radius 1 is 1.24 bits per heavy atom. The summed E-state index contributed by atoms with van der Waals surface area (Å²) >= 11 is 6.28. The summed E-state index contributed by atoms with van der Waals surface area (Å²) in [5.74, 6) is 0.942. The normalized spacial score (nSPS) is 16.9. The number of nitrogens with zero attached hydrogens (tertiary/aromatic N) is 1. The van der Waals surface area contributed by atoms with Crippen molar-refractivity contribution >= 4 is 11.6 Å². The number of allylic oxidation sites excluding steroid dienone is 1. The van der Waals surface area contributed by atoms with Gasteiger partial charge in [0.25, 0.3) is 0 Å². The maximum atomic E-state index is 6.28. The zero-order valence-electron chi connectivity index (χ0n) is 10.4. The van der Waals surface area contributed by atoms with Crippen molar-refractivity contribution < 1.29 is 4.74 Å². The van der Waals surface area contributed by atoms with E-state index in [4.69, 9.17) is 16.3 Å². The van der Waals surface area contributed by atoms with Crippen LogP contribution in [0.15, 0.2) is 24.5 Å². The van der Waals surface area contributed by atoms with Gasteiger partial charge in [0.1, 0.15) is 5.75 Å². The lowest BCUT2D eigenvalue weighted by Crippen LogP contribution is -2.20. The number of fused-ring (bicyclic) bond motifs is 1. The molecule has 17 heavy (non-hydrogen) atoms. The summed E-state index contributed by atoms with van der Waals surface area (Å²) in [6.45, 7) is 4.06. The van der Waals surface area contributed by atoms with Crippen LogP contribution >= 0.6 is 11.6 Å².